The van der Waals surface area contributed by atoms with Gasteiger partial charge in [0.15, 0.2) is 0 Å². The Morgan fingerprint density at radius 1 is 1.06 bits per heavy atom. The number of hydrogen-bond acceptors (Lipinski definition) is 2. The third-order valence-corrected chi connectivity index (χ3v) is 2.89. The van der Waals surface area contributed by atoms with Crippen molar-refractivity contribution in [3.8, 4) is 0 Å². The van der Waals surface area contributed by atoms with Crippen LogP contribution >= 0.6 is 0 Å². The second-order valence-corrected chi connectivity index (χ2v) is 3.80. The van der Waals surface area contributed by atoms with Gasteiger partial charge in [0, 0.05) is 19.0 Å². The Morgan fingerprint density at radius 2 is 1.56 bits per heavy atom. The highest BCUT2D eigenvalue weighted by atomic mass is 16.2. The van der Waals surface area contributed by atoms with Gasteiger partial charge in [0.1, 0.15) is 0 Å². The van der Waals surface area contributed by atoms with Crippen molar-refractivity contribution in [2.45, 2.75) is 40.5 Å². The van der Waals surface area contributed by atoms with Gasteiger partial charge in [-0.2, -0.15) is 0 Å². The highest BCUT2D eigenvalue weighted by Gasteiger charge is 2.16. The normalized spacial score (nSPS) is 10.3. The Bertz CT molecular complexity index is 197. The van der Waals surface area contributed by atoms with E-state index in [1.165, 1.54) is 0 Å². The molecule has 0 aromatic rings. The van der Waals surface area contributed by atoms with Crippen LogP contribution in [0, 0.1) is 5.92 Å². The molecule has 0 unspecified atom stereocenters. The minimum Gasteiger partial charge on any atom is -0.347 e. The van der Waals surface area contributed by atoms with Crippen LogP contribution in [-0.2, 0) is 9.59 Å². The molecule has 4 nitrogen and oxygen atoms in total. The fraction of sp³-hybridized carbons (Fsp3) is 0.833. The summed E-state index contributed by atoms with van der Waals surface area (Å²) in [6.45, 7) is 9.34. The highest BCUT2D eigenvalue weighted by Crippen LogP contribution is 2.06. The lowest BCUT2D eigenvalue weighted by molar-refractivity contribution is -0.133. The van der Waals surface area contributed by atoms with Gasteiger partial charge in [0.2, 0.25) is 11.8 Å². The van der Waals surface area contributed by atoms with Gasteiger partial charge in [-0.3, -0.25) is 9.59 Å². The van der Waals surface area contributed by atoms with Gasteiger partial charge in [0.05, 0.1) is 6.54 Å². The molecule has 0 aliphatic heterocycles. The zero-order valence-electron chi connectivity index (χ0n) is 10.9. The lowest BCUT2D eigenvalue weighted by Gasteiger charge is -2.19. The summed E-state index contributed by atoms with van der Waals surface area (Å²) in [4.78, 5) is 25.0. The summed E-state index contributed by atoms with van der Waals surface area (Å²) in [7, 11) is 0. The zero-order valence-corrected chi connectivity index (χ0v) is 10.9. The lowest BCUT2D eigenvalue weighted by atomic mass is 10.0. The summed E-state index contributed by atoms with van der Waals surface area (Å²) in [5, 5.41) is 2.70. The SMILES string of the molecule is CCC(CC)C(=O)NCC(=O)N(CC)CC. The second-order valence-electron chi connectivity index (χ2n) is 3.80. The van der Waals surface area contributed by atoms with E-state index in [4.69, 9.17) is 0 Å². The first-order chi connectivity index (χ1) is 7.60. The third-order valence-electron chi connectivity index (χ3n) is 2.89. The Hall–Kier alpha value is -1.06. The minimum atomic E-state index is -0.00990. The number of carbonyl (C=O) groups excluding carboxylic acids is 2. The van der Waals surface area contributed by atoms with Gasteiger partial charge in [0.25, 0.3) is 0 Å². The zero-order chi connectivity index (χ0) is 12.6. The lowest BCUT2D eigenvalue weighted by Crippen LogP contribution is -2.41. The molecular weight excluding hydrogens is 204 g/mol. The molecule has 0 radical (unpaired) electrons. The van der Waals surface area contributed by atoms with E-state index >= 15 is 0 Å². The number of likely N-dealkylation sites (N-methyl/N-ethyl adjacent to an activating group) is 1. The summed E-state index contributed by atoms with van der Waals surface area (Å²) in [5.74, 6) is 0.0133. The van der Waals surface area contributed by atoms with Crippen molar-refractivity contribution in [3.63, 3.8) is 0 Å². The van der Waals surface area contributed by atoms with Crippen molar-refractivity contribution in [1.82, 2.24) is 10.2 Å². The van der Waals surface area contributed by atoms with Crippen LogP contribution in [0.1, 0.15) is 40.5 Å². The molecule has 0 aliphatic carbocycles. The summed E-state index contributed by atoms with van der Waals surface area (Å²) >= 11 is 0. The van der Waals surface area contributed by atoms with Crippen LogP contribution in [-0.4, -0.2) is 36.3 Å². The Balaban J connectivity index is 4.04. The van der Waals surface area contributed by atoms with Crippen LogP contribution in [0.15, 0.2) is 0 Å². The van der Waals surface area contributed by atoms with Crippen molar-refractivity contribution in [3.05, 3.63) is 0 Å². The Labute approximate surface area is 98.4 Å². The van der Waals surface area contributed by atoms with E-state index in [9.17, 15) is 9.59 Å². The van der Waals surface area contributed by atoms with Crippen molar-refractivity contribution in [2.24, 2.45) is 5.92 Å². The molecule has 4 heteroatoms. The molecule has 2 amide bonds. The maximum atomic E-state index is 11.6. The number of rotatable bonds is 7. The van der Waals surface area contributed by atoms with E-state index in [1.54, 1.807) is 4.90 Å². The highest BCUT2D eigenvalue weighted by molar-refractivity contribution is 5.85. The molecule has 0 heterocycles. The van der Waals surface area contributed by atoms with E-state index in [-0.39, 0.29) is 24.3 Å². The second kappa shape index (κ2) is 8.13. The monoisotopic (exact) mass is 228 g/mol. The quantitative estimate of drug-likeness (QED) is 0.716. The number of amides is 2. The van der Waals surface area contributed by atoms with E-state index in [0.717, 1.165) is 12.8 Å². The summed E-state index contributed by atoms with van der Waals surface area (Å²) in [5.41, 5.74) is 0. The van der Waals surface area contributed by atoms with Crippen LogP contribution in [0.4, 0.5) is 0 Å². The van der Waals surface area contributed by atoms with Crippen LogP contribution in [0.3, 0.4) is 0 Å². The molecule has 0 bridgehead atoms. The Morgan fingerprint density at radius 3 is 1.94 bits per heavy atom. The molecule has 0 rings (SSSR count). The largest absolute Gasteiger partial charge is 0.347 e. The smallest absolute Gasteiger partial charge is 0.241 e. The average molecular weight is 228 g/mol. The fourth-order valence-electron chi connectivity index (χ4n) is 1.65. The van der Waals surface area contributed by atoms with Crippen molar-refractivity contribution in [2.75, 3.05) is 19.6 Å². The van der Waals surface area contributed by atoms with Gasteiger partial charge in [-0.05, 0) is 26.7 Å². The van der Waals surface area contributed by atoms with Crippen LogP contribution in [0.2, 0.25) is 0 Å². The van der Waals surface area contributed by atoms with Crippen LogP contribution in [0.25, 0.3) is 0 Å². The predicted octanol–water partition coefficient (Wildman–Crippen LogP) is 1.41. The number of nitrogens with one attached hydrogen (secondary N) is 1. The fourth-order valence-corrected chi connectivity index (χ4v) is 1.65. The summed E-state index contributed by atoms with van der Waals surface area (Å²) in [6, 6.07) is 0. The topological polar surface area (TPSA) is 49.4 Å². The van der Waals surface area contributed by atoms with E-state index in [1.807, 2.05) is 27.7 Å². The number of nitrogens with zero attached hydrogens (tertiary/aromatic N) is 1. The number of carbonyl (C=O) groups is 2. The molecule has 0 aromatic carbocycles. The van der Waals surface area contributed by atoms with Gasteiger partial charge < -0.3 is 10.2 Å². The summed E-state index contributed by atoms with van der Waals surface area (Å²) in [6.07, 6.45) is 1.64. The standard InChI is InChI=1S/C12H24N2O2/c1-5-10(6-2)12(16)13-9-11(15)14(7-3)8-4/h10H,5-9H2,1-4H3,(H,13,16). The Kier molecular flexibility index (Phi) is 7.60. The minimum absolute atomic E-state index is 0.00879. The number of hydrogen-bond donors (Lipinski definition) is 1. The average Bonchev–Trinajstić information content (AvgIpc) is 2.29. The van der Waals surface area contributed by atoms with Crippen LogP contribution in [0.5, 0.6) is 0 Å². The third kappa shape index (κ3) is 4.64. The molecule has 94 valence electrons. The van der Waals surface area contributed by atoms with E-state index in [0.29, 0.717) is 13.1 Å². The molecule has 0 aliphatic rings. The molecule has 0 spiro atoms. The van der Waals surface area contributed by atoms with E-state index < -0.39 is 0 Å². The first-order valence-electron chi connectivity index (χ1n) is 6.16. The van der Waals surface area contributed by atoms with Crippen molar-refractivity contribution >= 4 is 11.8 Å². The maximum Gasteiger partial charge on any atom is 0.241 e. The van der Waals surface area contributed by atoms with E-state index in [2.05, 4.69) is 5.32 Å². The molecule has 1 N–H and O–H groups in total. The van der Waals surface area contributed by atoms with Crippen molar-refractivity contribution < 1.29 is 9.59 Å². The molecular formula is C12H24N2O2. The van der Waals surface area contributed by atoms with Crippen LogP contribution < -0.4 is 5.32 Å². The van der Waals surface area contributed by atoms with Gasteiger partial charge in [-0.25, -0.2) is 0 Å². The first-order valence-corrected chi connectivity index (χ1v) is 6.16. The predicted molar refractivity (Wildman–Crippen MR) is 65.0 cm³/mol. The molecule has 0 saturated heterocycles. The van der Waals surface area contributed by atoms with Gasteiger partial charge in [-0.1, -0.05) is 13.8 Å². The summed E-state index contributed by atoms with van der Waals surface area (Å²) < 4.78 is 0. The molecule has 0 fully saturated rings. The van der Waals surface area contributed by atoms with Gasteiger partial charge >= 0.3 is 0 Å². The first kappa shape index (κ1) is 14.9. The van der Waals surface area contributed by atoms with Gasteiger partial charge in [-0.15, -0.1) is 0 Å². The molecule has 0 saturated carbocycles. The molecule has 16 heavy (non-hydrogen) atoms. The molecule has 0 aromatic heterocycles. The molecule has 0 atom stereocenters. The maximum absolute atomic E-state index is 11.6. The van der Waals surface area contributed by atoms with Crippen molar-refractivity contribution in [1.29, 1.82) is 0 Å².